The first kappa shape index (κ1) is 32.5. The van der Waals surface area contributed by atoms with Crippen LogP contribution in [0.3, 0.4) is 0 Å². The molecule has 0 bridgehead atoms. The van der Waals surface area contributed by atoms with Crippen molar-refractivity contribution in [2.24, 2.45) is 42.1 Å². The summed E-state index contributed by atoms with van der Waals surface area (Å²) in [6.45, 7) is 3.86. The number of allylic oxidation sites excluding steroid dienone is 3. The van der Waals surface area contributed by atoms with Crippen molar-refractivity contribution in [2.45, 2.75) is 26.7 Å². The number of aromatic nitrogens is 2. The van der Waals surface area contributed by atoms with Crippen molar-refractivity contribution in [2.75, 3.05) is 19.1 Å². The van der Waals surface area contributed by atoms with Gasteiger partial charge < -0.3 is 9.84 Å². The SMILES string of the molecule is COc1cc(C=CC2C3=CCC4C(=O)N(C)C(=O)C4C3CC3C(=O)N(c4cc(-c5sc6ccc(Cl)cc6c5C)nn4C)C(=O)C23C)ccc1O. The van der Waals surface area contributed by atoms with Crippen molar-refractivity contribution in [3.05, 3.63) is 76.3 Å². The largest absolute Gasteiger partial charge is 0.504 e. The summed E-state index contributed by atoms with van der Waals surface area (Å²) < 4.78 is 7.95. The Balaban J connectivity index is 1.23. The number of anilines is 1. The lowest BCUT2D eigenvalue weighted by Crippen LogP contribution is -2.49. The molecule has 256 valence electrons. The Hall–Kier alpha value is -4.74. The van der Waals surface area contributed by atoms with Crippen LogP contribution in [0.4, 0.5) is 5.82 Å². The summed E-state index contributed by atoms with van der Waals surface area (Å²) in [7, 11) is 4.72. The standard InChI is InChI=1S/C38H35ClN4O6S/c1-18-23-15-20(39)8-13-30(23)50-33(18)27-17-31(42(4)40-27)43-35(46)26-16-24-21(9-10-22-32(24)36(47)41(3)34(22)45)25(38(26,2)37(43)48)11-6-19-7-12-28(44)29(14-19)49-5/h6-9,11-15,17,22,24-26,32,44H,10,16H2,1-5H3. The molecule has 3 fully saturated rings. The molecule has 2 aliphatic heterocycles. The first-order chi connectivity index (χ1) is 23.8. The van der Waals surface area contributed by atoms with Gasteiger partial charge in [0.25, 0.3) is 0 Å². The fourth-order valence-electron chi connectivity index (χ4n) is 8.81. The van der Waals surface area contributed by atoms with Gasteiger partial charge in [-0.1, -0.05) is 41.5 Å². The van der Waals surface area contributed by atoms with Crippen LogP contribution in [0, 0.1) is 41.9 Å². The summed E-state index contributed by atoms with van der Waals surface area (Å²) >= 11 is 7.87. The molecular weight excluding hydrogens is 676 g/mol. The number of rotatable bonds is 5. The van der Waals surface area contributed by atoms with Crippen LogP contribution < -0.4 is 9.64 Å². The van der Waals surface area contributed by atoms with Crippen LogP contribution >= 0.6 is 22.9 Å². The Morgan fingerprint density at radius 3 is 2.58 bits per heavy atom. The molecule has 2 aromatic heterocycles. The van der Waals surface area contributed by atoms with E-state index in [1.807, 2.05) is 50.3 Å². The van der Waals surface area contributed by atoms with Gasteiger partial charge in [-0.3, -0.25) is 28.8 Å². The van der Waals surface area contributed by atoms with E-state index < -0.39 is 29.1 Å². The van der Waals surface area contributed by atoms with E-state index in [1.165, 1.54) is 30.0 Å². The number of phenols is 1. The molecule has 4 heterocycles. The summed E-state index contributed by atoms with van der Waals surface area (Å²) in [6.07, 6.45) is 6.47. The minimum Gasteiger partial charge on any atom is -0.504 e. The zero-order valence-corrected chi connectivity index (χ0v) is 29.7. The Morgan fingerprint density at radius 1 is 1.04 bits per heavy atom. The molecule has 4 amide bonds. The van der Waals surface area contributed by atoms with Crippen molar-refractivity contribution in [1.29, 1.82) is 0 Å². The molecule has 4 aliphatic rings. The third-order valence-electron chi connectivity index (χ3n) is 11.5. The molecule has 4 aromatic rings. The van der Waals surface area contributed by atoms with E-state index in [9.17, 15) is 24.3 Å². The molecular formula is C38H35ClN4O6S. The number of likely N-dealkylation sites (tertiary alicyclic amines) is 1. The lowest BCUT2D eigenvalue weighted by Gasteiger charge is -2.47. The second-order valence-electron chi connectivity index (χ2n) is 13.9. The fourth-order valence-corrected chi connectivity index (χ4v) is 10.1. The highest BCUT2D eigenvalue weighted by atomic mass is 35.5. The Labute approximate surface area is 297 Å². The second kappa shape index (κ2) is 11.4. The van der Waals surface area contributed by atoms with E-state index in [0.29, 0.717) is 28.7 Å². The monoisotopic (exact) mass is 710 g/mol. The van der Waals surface area contributed by atoms with Gasteiger partial charge in [0.05, 0.1) is 35.2 Å². The summed E-state index contributed by atoms with van der Waals surface area (Å²) in [6, 6.07) is 12.5. The number of halogens is 1. The molecule has 50 heavy (non-hydrogen) atoms. The number of fused-ring (bicyclic) bond motifs is 5. The first-order valence-corrected chi connectivity index (χ1v) is 17.7. The van der Waals surface area contributed by atoms with Gasteiger partial charge in [0.15, 0.2) is 11.5 Å². The first-order valence-electron chi connectivity index (χ1n) is 16.5. The number of benzene rings is 2. The van der Waals surface area contributed by atoms with Crippen molar-refractivity contribution >= 4 is 68.5 Å². The van der Waals surface area contributed by atoms with E-state index >= 15 is 0 Å². The lowest BCUT2D eigenvalue weighted by atomic mass is 9.52. The Kier molecular flexibility index (Phi) is 7.40. The maximum Gasteiger partial charge on any atom is 0.242 e. The van der Waals surface area contributed by atoms with E-state index in [4.69, 9.17) is 21.4 Å². The number of hydrogen-bond donors (Lipinski definition) is 1. The molecule has 6 unspecified atom stereocenters. The van der Waals surface area contributed by atoms with Gasteiger partial charge in [-0.15, -0.1) is 11.3 Å². The number of amides is 4. The Morgan fingerprint density at radius 2 is 1.82 bits per heavy atom. The zero-order chi connectivity index (χ0) is 35.4. The topological polar surface area (TPSA) is 122 Å². The van der Waals surface area contributed by atoms with Crippen LogP contribution in [-0.2, 0) is 26.2 Å². The van der Waals surface area contributed by atoms with E-state index in [1.54, 1.807) is 41.3 Å². The number of aromatic hydroxyl groups is 1. The summed E-state index contributed by atoms with van der Waals surface area (Å²) in [4.78, 5) is 59.5. The number of methoxy groups -OCH3 is 1. The number of carbonyl (C=O) groups is 4. The van der Waals surface area contributed by atoms with Gasteiger partial charge >= 0.3 is 0 Å². The van der Waals surface area contributed by atoms with Gasteiger partial charge in [0, 0.05) is 35.8 Å². The van der Waals surface area contributed by atoms with Crippen LogP contribution in [0.5, 0.6) is 11.5 Å². The third kappa shape index (κ3) is 4.48. The predicted molar refractivity (Wildman–Crippen MR) is 191 cm³/mol. The predicted octanol–water partition coefficient (Wildman–Crippen LogP) is 6.38. The molecule has 8 rings (SSSR count). The molecule has 1 N–H and O–H groups in total. The molecule has 2 aromatic carbocycles. The van der Waals surface area contributed by atoms with E-state index in [0.717, 1.165) is 31.7 Å². The van der Waals surface area contributed by atoms with Crippen molar-refractivity contribution < 1.29 is 29.0 Å². The second-order valence-corrected chi connectivity index (χ2v) is 15.4. The molecule has 10 nitrogen and oxygen atoms in total. The van der Waals surface area contributed by atoms with Crippen LogP contribution in [0.25, 0.3) is 26.7 Å². The van der Waals surface area contributed by atoms with Crippen molar-refractivity contribution in [1.82, 2.24) is 14.7 Å². The quantitative estimate of drug-likeness (QED) is 0.188. The number of ether oxygens (including phenoxy) is 1. The molecule has 2 saturated heterocycles. The average Bonchev–Trinajstić information content (AvgIpc) is 3.76. The number of thiophene rings is 1. The maximum atomic E-state index is 14.9. The van der Waals surface area contributed by atoms with Gasteiger partial charge in [0.2, 0.25) is 23.6 Å². The minimum absolute atomic E-state index is 0.00126. The van der Waals surface area contributed by atoms with Crippen molar-refractivity contribution in [3.63, 3.8) is 0 Å². The maximum absolute atomic E-state index is 14.9. The highest BCUT2D eigenvalue weighted by molar-refractivity contribution is 7.22. The van der Waals surface area contributed by atoms with Gasteiger partial charge in [-0.05, 0) is 79.5 Å². The number of aryl methyl sites for hydroxylation is 2. The number of nitrogens with zero attached hydrogens (tertiary/aromatic N) is 4. The minimum atomic E-state index is -1.18. The number of carbonyl (C=O) groups excluding carboxylic acids is 4. The summed E-state index contributed by atoms with van der Waals surface area (Å²) in [5.74, 6) is -3.22. The van der Waals surface area contributed by atoms with Crippen LogP contribution in [0.2, 0.25) is 5.02 Å². The number of phenolic OH excluding ortho intramolecular Hbond substituents is 1. The van der Waals surface area contributed by atoms with E-state index in [-0.39, 0.29) is 41.7 Å². The smallest absolute Gasteiger partial charge is 0.242 e. The zero-order valence-electron chi connectivity index (χ0n) is 28.1. The number of imide groups is 2. The molecule has 1 saturated carbocycles. The molecule has 12 heteroatoms. The lowest BCUT2D eigenvalue weighted by molar-refractivity contribution is -0.139. The summed E-state index contributed by atoms with van der Waals surface area (Å²) in [5.41, 5.74) is 2.10. The van der Waals surface area contributed by atoms with Crippen LogP contribution in [0.1, 0.15) is 30.9 Å². The molecule has 6 atom stereocenters. The number of hydrogen-bond acceptors (Lipinski definition) is 8. The molecule has 0 spiro atoms. The third-order valence-corrected chi connectivity index (χ3v) is 13.0. The van der Waals surface area contributed by atoms with Gasteiger partial charge in [-0.25, -0.2) is 4.90 Å². The van der Waals surface area contributed by atoms with Crippen LogP contribution in [-0.4, -0.2) is 57.6 Å². The Bertz CT molecular complexity index is 2240. The van der Waals surface area contributed by atoms with Gasteiger partial charge in [-0.2, -0.15) is 5.10 Å². The highest BCUT2D eigenvalue weighted by Gasteiger charge is 2.67. The normalized spacial score (nSPS) is 27.7. The molecule has 2 aliphatic carbocycles. The highest BCUT2D eigenvalue weighted by Crippen LogP contribution is 2.61. The van der Waals surface area contributed by atoms with Gasteiger partial charge in [0.1, 0.15) is 11.5 Å². The average molecular weight is 711 g/mol. The molecule has 0 radical (unpaired) electrons. The van der Waals surface area contributed by atoms with E-state index in [2.05, 4.69) is 0 Å². The van der Waals surface area contributed by atoms with Crippen molar-refractivity contribution in [3.8, 4) is 22.1 Å². The summed E-state index contributed by atoms with van der Waals surface area (Å²) in [5, 5.41) is 16.6. The van der Waals surface area contributed by atoms with Crippen LogP contribution in [0.15, 0.2) is 60.2 Å². The fraction of sp³-hybridized carbons (Fsp3) is 0.342.